The van der Waals surface area contributed by atoms with E-state index < -0.39 is 0 Å². The Morgan fingerprint density at radius 1 is 1.08 bits per heavy atom. The lowest BCUT2D eigenvalue weighted by molar-refractivity contribution is 0.101. The van der Waals surface area contributed by atoms with E-state index in [1.54, 1.807) is 35.2 Å². The summed E-state index contributed by atoms with van der Waals surface area (Å²) in [5, 5.41) is 0.681. The number of carbonyl (C=O) groups excluding carboxylic acids is 1. The Morgan fingerprint density at radius 3 is 2.44 bits per heavy atom. The number of nitrogens with one attached hydrogen (secondary N) is 1. The fourth-order valence-electron chi connectivity index (χ4n) is 2.52. The van der Waals surface area contributed by atoms with Crippen molar-refractivity contribution in [2.24, 2.45) is 4.99 Å². The van der Waals surface area contributed by atoms with Gasteiger partial charge in [0.15, 0.2) is 0 Å². The highest BCUT2D eigenvalue weighted by Gasteiger charge is 2.11. The first-order valence-electron chi connectivity index (χ1n) is 7.89. The lowest BCUT2D eigenvalue weighted by Gasteiger charge is -2.11. The summed E-state index contributed by atoms with van der Waals surface area (Å²) in [5.41, 5.74) is 7.15. The zero-order valence-corrected chi connectivity index (χ0v) is 14.8. The fraction of sp³-hybridized carbons (Fsp3) is 0.100. The van der Waals surface area contributed by atoms with Gasteiger partial charge in [0.2, 0.25) is 0 Å². The highest BCUT2D eigenvalue weighted by atomic mass is 35.5. The van der Waals surface area contributed by atoms with Gasteiger partial charge in [-0.1, -0.05) is 29.8 Å². The first kappa shape index (κ1) is 17.0. The summed E-state index contributed by atoms with van der Waals surface area (Å²) in [5.74, 6) is -0.149. The van der Waals surface area contributed by atoms with Crippen LogP contribution in [0.2, 0.25) is 5.02 Å². The maximum absolute atomic E-state index is 12.4. The normalized spacial score (nSPS) is 11.0. The highest BCUT2D eigenvalue weighted by molar-refractivity contribution is 6.30. The molecule has 25 heavy (non-hydrogen) atoms. The molecule has 3 aromatic rings. The molecule has 0 aliphatic rings. The first-order valence-corrected chi connectivity index (χ1v) is 8.27. The molecular formula is C20H18ClN3O. The summed E-state index contributed by atoms with van der Waals surface area (Å²) in [6, 6.07) is 18.4. The van der Waals surface area contributed by atoms with Gasteiger partial charge in [-0.3, -0.25) is 19.9 Å². The van der Waals surface area contributed by atoms with E-state index >= 15 is 0 Å². The van der Waals surface area contributed by atoms with Crippen LogP contribution >= 0.6 is 11.6 Å². The quantitative estimate of drug-likeness (QED) is 0.668. The molecule has 1 aromatic heterocycles. The van der Waals surface area contributed by atoms with Crippen molar-refractivity contribution < 1.29 is 4.79 Å². The maximum Gasteiger partial charge on any atom is 0.270 e. The van der Waals surface area contributed by atoms with Crippen LogP contribution < -0.4 is 5.43 Å². The van der Waals surface area contributed by atoms with E-state index in [1.165, 1.54) is 0 Å². The van der Waals surface area contributed by atoms with E-state index in [1.807, 2.05) is 50.2 Å². The smallest absolute Gasteiger partial charge is 0.267 e. The Bertz CT molecular complexity index is 912. The van der Waals surface area contributed by atoms with Gasteiger partial charge in [0.05, 0.1) is 5.69 Å². The molecule has 2 aromatic carbocycles. The molecule has 0 radical (unpaired) electrons. The van der Waals surface area contributed by atoms with Crippen LogP contribution in [0.3, 0.4) is 0 Å². The number of carbonyl (C=O) groups is 1. The van der Waals surface area contributed by atoms with Crippen molar-refractivity contribution in [2.45, 2.75) is 13.8 Å². The van der Waals surface area contributed by atoms with E-state index in [0.717, 1.165) is 22.6 Å². The SMILES string of the molecule is Cc1cc(C=Nc2ccc(Cl)cc2)c(C)n1NC(=O)c1ccccc1. The monoisotopic (exact) mass is 351 g/mol. The second-order valence-electron chi connectivity index (χ2n) is 5.70. The van der Waals surface area contributed by atoms with Crippen molar-refractivity contribution in [3.05, 3.63) is 88.2 Å². The zero-order valence-electron chi connectivity index (χ0n) is 14.0. The van der Waals surface area contributed by atoms with Crippen LogP contribution in [0.4, 0.5) is 5.69 Å². The zero-order chi connectivity index (χ0) is 17.8. The number of aryl methyl sites for hydroxylation is 1. The van der Waals surface area contributed by atoms with Crippen LogP contribution in [0.5, 0.6) is 0 Å². The number of halogens is 1. The third-order valence-electron chi connectivity index (χ3n) is 3.90. The summed E-state index contributed by atoms with van der Waals surface area (Å²) in [6.45, 7) is 3.89. The van der Waals surface area contributed by atoms with Gasteiger partial charge in [0.1, 0.15) is 0 Å². The van der Waals surface area contributed by atoms with Crippen LogP contribution in [-0.4, -0.2) is 16.8 Å². The molecular weight excluding hydrogens is 334 g/mol. The Hall–Kier alpha value is -2.85. The summed E-state index contributed by atoms with van der Waals surface area (Å²) in [6.07, 6.45) is 1.79. The molecule has 0 fully saturated rings. The average Bonchev–Trinajstić information content (AvgIpc) is 2.89. The van der Waals surface area contributed by atoms with Crippen molar-refractivity contribution in [3.63, 3.8) is 0 Å². The van der Waals surface area contributed by atoms with Crippen molar-refractivity contribution in [2.75, 3.05) is 5.43 Å². The fourth-order valence-corrected chi connectivity index (χ4v) is 2.64. The van der Waals surface area contributed by atoms with Gasteiger partial charge in [0, 0.05) is 33.8 Å². The number of hydrogen-bond acceptors (Lipinski definition) is 2. The van der Waals surface area contributed by atoms with Crippen LogP contribution in [-0.2, 0) is 0 Å². The Balaban J connectivity index is 1.81. The summed E-state index contributed by atoms with van der Waals surface area (Å²) in [7, 11) is 0. The third kappa shape index (κ3) is 3.98. The van der Waals surface area contributed by atoms with Crippen LogP contribution in [0.1, 0.15) is 27.3 Å². The largest absolute Gasteiger partial charge is 0.270 e. The number of amides is 1. The van der Waals surface area contributed by atoms with E-state index in [2.05, 4.69) is 10.4 Å². The molecule has 1 heterocycles. The number of hydrogen-bond donors (Lipinski definition) is 1. The predicted octanol–water partition coefficient (Wildman–Crippen LogP) is 4.89. The van der Waals surface area contributed by atoms with Gasteiger partial charge in [0.25, 0.3) is 5.91 Å². The van der Waals surface area contributed by atoms with Gasteiger partial charge in [-0.15, -0.1) is 0 Å². The summed E-state index contributed by atoms with van der Waals surface area (Å²) >= 11 is 5.88. The van der Waals surface area contributed by atoms with Gasteiger partial charge in [-0.05, 0) is 56.3 Å². The molecule has 1 N–H and O–H groups in total. The summed E-state index contributed by atoms with van der Waals surface area (Å²) in [4.78, 5) is 16.8. The number of benzene rings is 2. The van der Waals surface area contributed by atoms with Crippen LogP contribution in [0, 0.1) is 13.8 Å². The second kappa shape index (κ2) is 7.36. The van der Waals surface area contributed by atoms with Crippen molar-refractivity contribution in [1.82, 2.24) is 4.68 Å². The summed E-state index contributed by atoms with van der Waals surface area (Å²) < 4.78 is 1.78. The van der Waals surface area contributed by atoms with Gasteiger partial charge >= 0.3 is 0 Å². The van der Waals surface area contributed by atoms with Crippen molar-refractivity contribution >= 4 is 29.4 Å². The Morgan fingerprint density at radius 2 is 1.76 bits per heavy atom. The molecule has 0 saturated heterocycles. The lowest BCUT2D eigenvalue weighted by Crippen LogP contribution is -2.24. The van der Waals surface area contributed by atoms with Gasteiger partial charge in [-0.2, -0.15) is 0 Å². The standard InChI is InChI=1S/C20H18ClN3O/c1-14-12-17(13-22-19-10-8-18(21)9-11-19)15(2)24(14)23-20(25)16-6-4-3-5-7-16/h3-13H,1-2H3,(H,23,25). The topological polar surface area (TPSA) is 46.4 Å². The minimum atomic E-state index is -0.149. The highest BCUT2D eigenvalue weighted by Crippen LogP contribution is 2.18. The Labute approximate surface area is 151 Å². The van der Waals surface area contributed by atoms with E-state index in [0.29, 0.717) is 10.6 Å². The molecule has 0 atom stereocenters. The Kier molecular flexibility index (Phi) is 5.00. The predicted molar refractivity (Wildman–Crippen MR) is 103 cm³/mol. The number of nitrogens with zero attached hydrogens (tertiary/aromatic N) is 2. The molecule has 0 bridgehead atoms. The molecule has 4 nitrogen and oxygen atoms in total. The van der Waals surface area contributed by atoms with E-state index in [-0.39, 0.29) is 5.91 Å². The third-order valence-corrected chi connectivity index (χ3v) is 4.15. The van der Waals surface area contributed by atoms with Crippen molar-refractivity contribution in [3.8, 4) is 0 Å². The molecule has 126 valence electrons. The van der Waals surface area contributed by atoms with Gasteiger partial charge in [-0.25, -0.2) is 0 Å². The molecule has 5 heteroatoms. The minimum Gasteiger partial charge on any atom is -0.267 e. The molecule has 1 amide bonds. The first-order chi connectivity index (χ1) is 12.0. The molecule has 0 aliphatic carbocycles. The van der Waals surface area contributed by atoms with Crippen LogP contribution in [0.15, 0.2) is 65.7 Å². The second-order valence-corrected chi connectivity index (χ2v) is 6.14. The molecule has 3 rings (SSSR count). The van der Waals surface area contributed by atoms with E-state index in [4.69, 9.17) is 11.6 Å². The number of aromatic nitrogens is 1. The van der Waals surface area contributed by atoms with Crippen LogP contribution in [0.25, 0.3) is 0 Å². The minimum absolute atomic E-state index is 0.149. The average molecular weight is 352 g/mol. The molecule has 0 unspecified atom stereocenters. The number of aliphatic imine (C=N–C) groups is 1. The molecule has 0 spiro atoms. The number of rotatable bonds is 4. The lowest BCUT2D eigenvalue weighted by atomic mass is 10.2. The maximum atomic E-state index is 12.4. The van der Waals surface area contributed by atoms with Crippen molar-refractivity contribution in [1.29, 1.82) is 0 Å². The van der Waals surface area contributed by atoms with E-state index in [9.17, 15) is 4.79 Å². The molecule has 0 aliphatic heterocycles. The molecule has 0 saturated carbocycles. The van der Waals surface area contributed by atoms with Gasteiger partial charge < -0.3 is 0 Å².